The molecule has 0 radical (unpaired) electrons. The van der Waals surface area contributed by atoms with E-state index in [1.165, 1.54) is 12.1 Å². The van der Waals surface area contributed by atoms with E-state index in [1.54, 1.807) is 6.07 Å². The van der Waals surface area contributed by atoms with Gasteiger partial charge in [0.2, 0.25) is 0 Å². The van der Waals surface area contributed by atoms with Crippen LogP contribution in [-0.4, -0.2) is 12.1 Å². The van der Waals surface area contributed by atoms with Crippen molar-refractivity contribution in [1.82, 2.24) is 5.32 Å². The smallest absolute Gasteiger partial charge is 0.124 e. The highest BCUT2D eigenvalue weighted by molar-refractivity contribution is 6.31. The number of benzene rings is 1. The lowest BCUT2D eigenvalue weighted by molar-refractivity contribution is 0.302. The van der Waals surface area contributed by atoms with Crippen LogP contribution in [0, 0.1) is 11.2 Å². The number of rotatable bonds is 5. The Labute approximate surface area is 121 Å². The normalized spacial score (nSPS) is 12.8. The molecule has 0 aliphatic rings. The molecule has 1 aromatic carbocycles. The average Bonchev–Trinajstić information content (AvgIpc) is 2.20. The first-order valence-corrected chi connectivity index (χ1v) is 7.16. The maximum Gasteiger partial charge on any atom is 0.124 e. The van der Waals surface area contributed by atoms with Gasteiger partial charge in [-0.2, -0.15) is 0 Å². The molecule has 0 unspecified atom stereocenters. The Bertz CT molecular complexity index is 421. The summed E-state index contributed by atoms with van der Waals surface area (Å²) in [4.78, 5) is 0. The Balaban J connectivity index is 2.58. The molecule has 1 rings (SSSR count). The number of hydrogen-bond acceptors (Lipinski definition) is 1. The Morgan fingerprint density at radius 2 is 1.79 bits per heavy atom. The molecule has 0 fully saturated rings. The summed E-state index contributed by atoms with van der Waals surface area (Å²) in [6, 6.07) is 4.65. The lowest BCUT2D eigenvalue weighted by Gasteiger charge is -2.28. The lowest BCUT2D eigenvalue weighted by atomic mass is 9.82. The van der Waals surface area contributed by atoms with Gasteiger partial charge in [0, 0.05) is 10.6 Å². The predicted octanol–water partition coefficient (Wildman–Crippen LogP) is 4.83. The largest absolute Gasteiger partial charge is 0.312 e. The van der Waals surface area contributed by atoms with Gasteiger partial charge in [0.25, 0.3) is 0 Å². The van der Waals surface area contributed by atoms with Crippen LogP contribution in [0.5, 0.6) is 0 Å². The van der Waals surface area contributed by atoms with Crippen LogP contribution in [0.3, 0.4) is 0 Å². The van der Waals surface area contributed by atoms with E-state index in [-0.39, 0.29) is 16.8 Å². The maximum absolute atomic E-state index is 13.0. The van der Waals surface area contributed by atoms with Gasteiger partial charge in [-0.3, -0.25) is 0 Å². The minimum Gasteiger partial charge on any atom is -0.312 e. The van der Waals surface area contributed by atoms with Crippen LogP contribution >= 0.6 is 11.6 Å². The summed E-state index contributed by atoms with van der Waals surface area (Å²) in [7, 11) is 0. The molecule has 0 heterocycles. The highest BCUT2D eigenvalue weighted by atomic mass is 35.5. The molecule has 0 aliphatic heterocycles. The molecule has 1 aromatic rings. The van der Waals surface area contributed by atoms with E-state index in [4.69, 9.17) is 11.6 Å². The Morgan fingerprint density at radius 1 is 1.16 bits per heavy atom. The van der Waals surface area contributed by atoms with Crippen LogP contribution in [0.1, 0.15) is 46.6 Å². The average molecular weight is 286 g/mol. The van der Waals surface area contributed by atoms with Crippen LogP contribution in [0.15, 0.2) is 18.2 Å². The molecule has 0 spiro atoms. The second-order valence-corrected chi connectivity index (χ2v) is 7.41. The zero-order valence-corrected chi connectivity index (χ0v) is 13.4. The van der Waals surface area contributed by atoms with Crippen molar-refractivity contribution in [1.29, 1.82) is 0 Å². The van der Waals surface area contributed by atoms with E-state index < -0.39 is 0 Å². The molecular formula is C16H25ClFN. The summed E-state index contributed by atoms with van der Waals surface area (Å²) in [6.45, 7) is 11.9. The third-order valence-corrected chi connectivity index (χ3v) is 3.49. The van der Waals surface area contributed by atoms with E-state index in [1.807, 2.05) is 0 Å². The topological polar surface area (TPSA) is 12.0 Å². The van der Waals surface area contributed by atoms with Gasteiger partial charge in [-0.15, -0.1) is 0 Å². The molecule has 0 amide bonds. The van der Waals surface area contributed by atoms with Gasteiger partial charge in [-0.1, -0.05) is 31.5 Å². The molecule has 19 heavy (non-hydrogen) atoms. The molecule has 3 heteroatoms. The van der Waals surface area contributed by atoms with E-state index >= 15 is 0 Å². The third-order valence-electron chi connectivity index (χ3n) is 3.14. The highest BCUT2D eigenvalue weighted by Gasteiger charge is 2.21. The summed E-state index contributed by atoms with van der Waals surface area (Å²) in [5, 5.41) is 4.02. The summed E-state index contributed by atoms with van der Waals surface area (Å²) in [5.41, 5.74) is 1.30. The zero-order chi connectivity index (χ0) is 14.7. The number of hydrogen-bond donors (Lipinski definition) is 1. The van der Waals surface area contributed by atoms with Crippen LogP contribution < -0.4 is 5.32 Å². The van der Waals surface area contributed by atoms with E-state index in [2.05, 4.69) is 39.9 Å². The Hall–Kier alpha value is -0.600. The predicted molar refractivity (Wildman–Crippen MR) is 81.3 cm³/mol. The van der Waals surface area contributed by atoms with Gasteiger partial charge in [0.15, 0.2) is 0 Å². The van der Waals surface area contributed by atoms with Gasteiger partial charge >= 0.3 is 0 Å². The Kier molecular flexibility index (Phi) is 5.40. The molecule has 0 saturated heterocycles. The first-order valence-electron chi connectivity index (χ1n) is 6.78. The van der Waals surface area contributed by atoms with Crippen molar-refractivity contribution < 1.29 is 4.39 Å². The fraction of sp³-hybridized carbons (Fsp3) is 0.625. The molecular weight excluding hydrogens is 261 g/mol. The minimum absolute atomic E-state index is 0.139. The standard InChI is InChI=1S/C16H25ClFN/c1-15(2,3)19-9-8-16(4,5)11-12-6-7-13(18)10-14(12)17/h6-7,10,19H,8-9,11H2,1-5H3. The van der Waals surface area contributed by atoms with Gasteiger partial charge in [-0.05, 0) is 63.3 Å². The lowest BCUT2D eigenvalue weighted by Crippen LogP contribution is -2.38. The first-order chi connectivity index (χ1) is 8.59. The Morgan fingerprint density at radius 3 is 2.32 bits per heavy atom. The van der Waals surface area contributed by atoms with Crippen molar-refractivity contribution in [2.45, 2.75) is 53.0 Å². The van der Waals surface area contributed by atoms with Gasteiger partial charge in [0.05, 0.1) is 0 Å². The molecule has 0 aromatic heterocycles. The SMILES string of the molecule is CC(C)(CCNC(C)(C)C)Cc1ccc(F)cc1Cl. The van der Waals surface area contributed by atoms with Crippen LogP contribution in [-0.2, 0) is 6.42 Å². The number of halogens is 2. The van der Waals surface area contributed by atoms with E-state index in [0.717, 1.165) is 24.9 Å². The third kappa shape index (κ3) is 6.40. The van der Waals surface area contributed by atoms with Crippen molar-refractivity contribution in [3.63, 3.8) is 0 Å². The first kappa shape index (κ1) is 16.5. The summed E-state index contributed by atoms with van der Waals surface area (Å²) in [5.74, 6) is -0.277. The highest BCUT2D eigenvalue weighted by Crippen LogP contribution is 2.29. The van der Waals surface area contributed by atoms with E-state index in [0.29, 0.717) is 5.02 Å². The van der Waals surface area contributed by atoms with Crippen LogP contribution in [0.2, 0.25) is 5.02 Å². The summed E-state index contributed by atoms with van der Waals surface area (Å²) < 4.78 is 13.0. The van der Waals surface area contributed by atoms with Crippen molar-refractivity contribution in [3.05, 3.63) is 34.6 Å². The quantitative estimate of drug-likeness (QED) is 0.817. The molecule has 0 aliphatic carbocycles. The van der Waals surface area contributed by atoms with Crippen molar-refractivity contribution >= 4 is 11.6 Å². The van der Waals surface area contributed by atoms with Crippen molar-refractivity contribution in [3.8, 4) is 0 Å². The second-order valence-electron chi connectivity index (χ2n) is 7.00. The van der Waals surface area contributed by atoms with E-state index in [9.17, 15) is 4.39 Å². The molecule has 0 atom stereocenters. The maximum atomic E-state index is 13.0. The molecule has 1 nitrogen and oxygen atoms in total. The van der Waals surface area contributed by atoms with Gasteiger partial charge in [-0.25, -0.2) is 4.39 Å². The van der Waals surface area contributed by atoms with Crippen LogP contribution in [0.4, 0.5) is 4.39 Å². The van der Waals surface area contributed by atoms with Crippen molar-refractivity contribution in [2.75, 3.05) is 6.54 Å². The van der Waals surface area contributed by atoms with Gasteiger partial charge < -0.3 is 5.32 Å². The zero-order valence-electron chi connectivity index (χ0n) is 12.6. The number of nitrogens with one attached hydrogen (secondary N) is 1. The fourth-order valence-corrected chi connectivity index (χ4v) is 2.28. The molecule has 0 saturated carbocycles. The van der Waals surface area contributed by atoms with Gasteiger partial charge in [0.1, 0.15) is 5.82 Å². The monoisotopic (exact) mass is 285 g/mol. The minimum atomic E-state index is -0.277. The summed E-state index contributed by atoms with van der Waals surface area (Å²) >= 11 is 6.09. The molecule has 1 N–H and O–H groups in total. The van der Waals surface area contributed by atoms with Crippen LogP contribution in [0.25, 0.3) is 0 Å². The summed E-state index contributed by atoms with van der Waals surface area (Å²) in [6.07, 6.45) is 1.91. The second kappa shape index (κ2) is 6.23. The molecule has 0 bridgehead atoms. The van der Waals surface area contributed by atoms with Crippen molar-refractivity contribution in [2.24, 2.45) is 5.41 Å². The molecule has 108 valence electrons. The fourth-order valence-electron chi connectivity index (χ4n) is 2.04.